The number of fused-ring (bicyclic) bond motifs is 1. The normalized spacial score (nSPS) is 17.5. The van der Waals surface area contributed by atoms with Gasteiger partial charge in [-0.15, -0.1) is 0 Å². The topological polar surface area (TPSA) is 87.8 Å². The molecule has 2 aromatic carbocycles. The average Bonchev–Trinajstić information content (AvgIpc) is 3.42. The van der Waals surface area contributed by atoms with Crippen LogP contribution < -0.4 is 0 Å². The van der Waals surface area contributed by atoms with Crippen LogP contribution in [0.4, 0.5) is 13.2 Å². The maximum Gasteiger partial charge on any atom is 0.416 e. The quantitative estimate of drug-likeness (QED) is 0.438. The molecule has 0 atom stereocenters. The predicted molar refractivity (Wildman–Crippen MR) is 135 cm³/mol. The lowest BCUT2D eigenvalue weighted by atomic mass is 10.1. The van der Waals surface area contributed by atoms with Gasteiger partial charge in [-0.2, -0.15) is 23.3 Å². The highest BCUT2D eigenvalue weighted by atomic mass is 35.5. The van der Waals surface area contributed by atoms with Crippen molar-refractivity contribution in [3.63, 3.8) is 0 Å². The number of aliphatic imine (C=N–C) groups is 1. The van der Waals surface area contributed by atoms with Crippen LogP contribution in [-0.4, -0.2) is 49.9 Å². The van der Waals surface area contributed by atoms with Crippen LogP contribution in [0.5, 0.6) is 0 Å². The summed E-state index contributed by atoms with van der Waals surface area (Å²) in [6.07, 6.45) is 0.700. The number of carbonyl (C=O) groups excluding carboxylic acids is 1. The van der Waals surface area contributed by atoms with Crippen molar-refractivity contribution < 1.29 is 27.9 Å². The van der Waals surface area contributed by atoms with Gasteiger partial charge in [0.15, 0.2) is 5.17 Å². The van der Waals surface area contributed by atoms with Gasteiger partial charge >= 0.3 is 12.1 Å². The van der Waals surface area contributed by atoms with Gasteiger partial charge < -0.3 is 10.0 Å². The number of carboxylic acids is 1. The van der Waals surface area contributed by atoms with E-state index < -0.39 is 17.7 Å². The molecule has 0 saturated heterocycles. The van der Waals surface area contributed by atoms with E-state index in [1.54, 1.807) is 36.5 Å². The molecular formula is C25H18ClF3N4O3S. The Morgan fingerprint density at radius 1 is 1.22 bits per heavy atom. The summed E-state index contributed by atoms with van der Waals surface area (Å²) in [6, 6.07) is 8.97. The fourth-order valence-corrected chi connectivity index (χ4v) is 5.28. The largest absolute Gasteiger partial charge is 0.478 e. The number of alkyl halides is 3. The van der Waals surface area contributed by atoms with Crippen molar-refractivity contribution in [2.45, 2.75) is 19.1 Å². The second-order valence-corrected chi connectivity index (χ2v) is 9.91. The number of amidine groups is 1. The Morgan fingerprint density at radius 3 is 2.73 bits per heavy atom. The first-order valence-corrected chi connectivity index (χ1v) is 12.3. The van der Waals surface area contributed by atoms with Crippen LogP contribution in [0.25, 0.3) is 17.0 Å². The molecule has 12 heteroatoms. The van der Waals surface area contributed by atoms with Crippen molar-refractivity contribution >= 4 is 57.4 Å². The summed E-state index contributed by atoms with van der Waals surface area (Å²) < 4.78 is 41.9. The Balaban J connectivity index is 1.34. The molecule has 0 radical (unpaired) electrons. The lowest BCUT2D eigenvalue weighted by Crippen LogP contribution is -2.33. The summed E-state index contributed by atoms with van der Waals surface area (Å²) in [5, 5.41) is 14.6. The first-order valence-electron chi connectivity index (χ1n) is 11.1. The van der Waals surface area contributed by atoms with E-state index in [0.29, 0.717) is 51.6 Å². The van der Waals surface area contributed by atoms with Crippen LogP contribution in [0, 0.1) is 0 Å². The molecule has 0 saturated carbocycles. The molecule has 3 aromatic rings. The van der Waals surface area contributed by atoms with E-state index in [-0.39, 0.29) is 23.0 Å². The number of nitrogens with zero attached hydrogens (tertiary/aromatic N) is 4. The number of aromatic nitrogens is 2. The zero-order chi connectivity index (χ0) is 26.3. The molecule has 2 aliphatic heterocycles. The summed E-state index contributed by atoms with van der Waals surface area (Å²) >= 11 is 7.00. The second-order valence-electron chi connectivity index (χ2n) is 8.46. The van der Waals surface area contributed by atoms with Crippen LogP contribution in [-0.2, 0) is 22.3 Å². The number of aliphatic carboxylic acids is 1. The van der Waals surface area contributed by atoms with Crippen molar-refractivity contribution in [3.8, 4) is 0 Å². The fraction of sp³-hybridized carbons (Fsp3) is 0.200. The zero-order valence-electron chi connectivity index (χ0n) is 19.0. The minimum absolute atomic E-state index is 0.00677. The van der Waals surface area contributed by atoms with Crippen LogP contribution >= 0.6 is 23.4 Å². The van der Waals surface area contributed by atoms with Crippen molar-refractivity contribution in [2.75, 3.05) is 13.1 Å². The number of amides is 1. The SMILES string of the molecule is O=C(O)C1=CCN(C2=NC(=O)C(=Cc3ccc4c(cnn4Cc4ccc(Cl)cc4C(F)(F)F)c3)S2)CC1. The summed E-state index contributed by atoms with van der Waals surface area (Å²) in [4.78, 5) is 30.0. The first-order chi connectivity index (χ1) is 17.6. The predicted octanol–water partition coefficient (Wildman–Crippen LogP) is 5.44. The van der Waals surface area contributed by atoms with Crippen molar-refractivity contribution in [2.24, 2.45) is 4.99 Å². The standard InChI is InChI=1S/C25H18ClF3N4O3S/c26-18-3-2-16(19(11-18)25(27,28)29)13-33-20-4-1-14(9-17(20)12-30-33)10-21-22(34)31-24(37-21)32-7-5-15(6-8-32)23(35)36/h1-5,9-12H,6-8,13H2,(H,35,36). The van der Waals surface area contributed by atoms with E-state index in [9.17, 15) is 22.8 Å². The van der Waals surface area contributed by atoms with E-state index in [4.69, 9.17) is 16.7 Å². The number of halogens is 4. The Labute approximate surface area is 217 Å². The van der Waals surface area contributed by atoms with Gasteiger partial charge in [-0.25, -0.2) is 4.79 Å². The Kier molecular flexibility index (Phi) is 6.59. The van der Waals surface area contributed by atoms with Gasteiger partial charge in [0.25, 0.3) is 5.91 Å². The monoisotopic (exact) mass is 546 g/mol. The number of hydrogen-bond acceptors (Lipinski definition) is 5. The Hall–Kier alpha value is -3.57. The number of benzene rings is 2. The third-order valence-corrected chi connectivity index (χ3v) is 7.30. The van der Waals surface area contributed by atoms with Gasteiger partial charge in [-0.1, -0.05) is 29.8 Å². The smallest absolute Gasteiger partial charge is 0.416 e. The molecule has 7 nitrogen and oxygen atoms in total. The van der Waals surface area contributed by atoms with Crippen LogP contribution in [0.1, 0.15) is 23.1 Å². The lowest BCUT2D eigenvalue weighted by molar-refractivity contribution is -0.138. The summed E-state index contributed by atoms with van der Waals surface area (Å²) in [5.74, 6) is -1.32. The summed E-state index contributed by atoms with van der Waals surface area (Å²) in [5.41, 5.74) is 0.951. The molecule has 3 heterocycles. The molecule has 1 aromatic heterocycles. The Bertz CT molecular complexity index is 1530. The maximum absolute atomic E-state index is 13.5. The molecule has 1 N–H and O–H groups in total. The highest BCUT2D eigenvalue weighted by Gasteiger charge is 2.34. The molecule has 5 rings (SSSR count). The maximum atomic E-state index is 13.5. The van der Waals surface area contributed by atoms with Crippen molar-refractivity contribution in [1.82, 2.24) is 14.7 Å². The second kappa shape index (κ2) is 9.71. The zero-order valence-corrected chi connectivity index (χ0v) is 20.6. The van der Waals surface area contributed by atoms with Gasteiger partial charge in [-0.3, -0.25) is 9.48 Å². The number of thioether (sulfide) groups is 1. The summed E-state index contributed by atoms with van der Waals surface area (Å²) in [6.45, 7) is 0.734. The van der Waals surface area contributed by atoms with Gasteiger partial charge in [0, 0.05) is 29.1 Å². The molecule has 1 amide bonds. The van der Waals surface area contributed by atoms with Crippen molar-refractivity contribution in [1.29, 1.82) is 0 Å². The molecule has 0 bridgehead atoms. The summed E-state index contributed by atoms with van der Waals surface area (Å²) in [7, 11) is 0. The third-order valence-electron chi connectivity index (χ3n) is 6.02. The molecule has 37 heavy (non-hydrogen) atoms. The average molecular weight is 547 g/mol. The molecule has 0 spiro atoms. The van der Waals surface area contributed by atoms with Crippen molar-refractivity contribution in [3.05, 3.63) is 80.9 Å². The number of hydrogen-bond donors (Lipinski definition) is 1. The Morgan fingerprint density at radius 2 is 2.03 bits per heavy atom. The van der Waals surface area contributed by atoms with Gasteiger partial charge in [-0.05, 0) is 59.7 Å². The van der Waals surface area contributed by atoms with E-state index in [1.165, 1.54) is 28.6 Å². The highest BCUT2D eigenvalue weighted by molar-refractivity contribution is 8.18. The van der Waals surface area contributed by atoms with Crippen LogP contribution in [0.15, 0.2) is 64.1 Å². The molecule has 0 aliphatic carbocycles. The minimum atomic E-state index is -4.54. The van der Waals surface area contributed by atoms with E-state index in [0.717, 1.165) is 6.07 Å². The van der Waals surface area contributed by atoms with Gasteiger partial charge in [0.2, 0.25) is 0 Å². The van der Waals surface area contributed by atoms with Gasteiger partial charge in [0.05, 0.1) is 28.7 Å². The minimum Gasteiger partial charge on any atom is -0.478 e. The van der Waals surface area contributed by atoms with Crippen LogP contribution in [0.3, 0.4) is 0 Å². The number of carbonyl (C=O) groups is 2. The van der Waals surface area contributed by atoms with E-state index in [1.807, 2.05) is 4.90 Å². The first kappa shape index (κ1) is 25.1. The lowest BCUT2D eigenvalue weighted by Gasteiger charge is -2.25. The fourth-order valence-electron chi connectivity index (χ4n) is 4.15. The molecule has 190 valence electrons. The molecule has 0 unspecified atom stereocenters. The van der Waals surface area contributed by atoms with Crippen LogP contribution in [0.2, 0.25) is 5.02 Å². The number of rotatable bonds is 4. The van der Waals surface area contributed by atoms with Gasteiger partial charge in [0.1, 0.15) is 0 Å². The third kappa shape index (κ3) is 5.28. The molecule has 2 aliphatic rings. The number of carboxylic acid groups (broad SMARTS) is 1. The molecular weight excluding hydrogens is 529 g/mol. The van der Waals surface area contributed by atoms with E-state index in [2.05, 4.69) is 10.1 Å². The molecule has 0 fully saturated rings. The highest BCUT2D eigenvalue weighted by Crippen LogP contribution is 2.35. The van der Waals surface area contributed by atoms with E-state index >= 15 is 0 Å².